The molecule has 0 fully saturated rings. The minimum Gasteiger partial charge on any atom is -0.399 e. The molecule has 0 aliphatic heterocycles. The summed E-state index contributed by atoms with van der Waals surface area (Å²) in [5.74, 6) is 0. The summed E-state index contributed by atoms with van der Waals surface area (Å²) in [4.78, 5) is 5.38. The Labute approximate surface area is 148 Å². The molecule has 0 radical (unpaired) electrons. The second kappa shape index (κ2) is 6.15. The Morgan fingerprint density at radius 1 is 0.920 bits per heavy atom. The zero-order valence-corrected chi connectivity index (χ0v) is 15.6. The van der Waals surface area contributed by atoms with Crippen molar-refractivity contribution in [3.63, 3.8) is 0 Å². The van der Waals surface area contributed by atoms with E-state index < -0.39 is 9.84 Å². The quantitative estimate of drug-likeness (QED) is 0.778. The van der Waals surface area contributed by atoms with Crippen LogP contribution in [-0.4, -0.2) is 27.5 Å². The van der Waals surface area contributed by atoms with E-state index in [2.05, 4.69) is 19.0 Å². The van der Waals surface area contributed by atoms with Gasteiger partial charge in [-0.1, -0.05) is 47.6 Å². The van der Waals surface area contributed by atoms with Crippen molar-refractivity contribution in [2.24, 2.45) is 10.6 Å². The summed E-state index contributed by atoms with van der Waals surface area (Å²) in [6.07, 6.45) is 1.22. The molecule has 0 unspecified atom stereocenters. The molecule has 3 rings (SSSR count). The fourth-order valence-electron chi connectivity index (χ4n) is 3.31. The number of oxime groups is 1. The lowest BCUT2D eigenvalue weighted by atomic mass is 9.60. The van der Waals surface area contributed by atoms with E-state index in [1.54, 1.807) is 19.2 Å². The summed E-state index contributed by atoms with van der Waals surface area (Å²) < 4.78 is 23.4. The molecule has 0 saturated carbocycles. The van der Waals surface area contributed by atoms with Crippen molar-refractivity contribution in [2.45, 2.75) is 18.7 Å². The summed E-state index contributed by atoms with van der Waals surface area (Å²) in [6, 6.07) is 17.1. The Morgan fingerprint density at radius 3 is 2.04 bits per heavy atom. The average molecular weight is 355 g/mol. The molecule has 1 aliphatic carbocycles. The molecule has 0 amide bonds. The van der Waals surface area contributed by atoms with Crippen molar-refractivity contribution in [2.75, 3.05) is 13.4 Å². The van der Waals surface area contributed by atoms with Gasteiger partial charge in [0, 0.05) is 17.2 Å². The second-order valence-corrected chi connectivity index (χ2v) is 8.68. The number of nitrogens with zero attached hydrogens (tertiary/aromatic N) is 1. The fraction of sp³-hybridized carbons (Fsp3) is 0.250. The van der Waals surface area contributed by atoms with Gasteiger partial charge >= 0.3 is 0 Å². The molecule has 1 aliphatic rings. The van der Waals surface area contributed by atoms with Gasteiger partial charge in [-0.3, -0.25) is 0 Å². The molecule has 0 spiro atoms. The fourth-order valence-corrected chi connectivity index (χ4v) is 3.94. The van der Waals surface area contributed by atoms with Crippen molar-refractivity contribution in [1.29, 1.82) is 0 Å². The standard InChI is InChI=1S/C20H21NO3S/c1-20(2)18(15-10-12-16(13-11-15)25(4,22)23)17(19(20)21-24-3)14-8-6-5-7-9-14/h5-13H,1-4H3/b21-19-. The molecule has 4 nitrogen and oxygen atoms in total. The third-order valence-electron chi connectivity index (χ3n) is 4.52. The Bertz CT molecular complexity index is 954. The highest BCUT2D eigenvalue weighted by Gasteiger charge is 2.45. The highest BCUT2D eigenvalue weighted by atomic mass is 32.2. The molecule has 0 atom stereocenters. The molecule has 0 saturated heterocycles. The summed E-state index contributed by atoms with van der Waals surface area (Å²) in [6.45, 7) is 4.19. The van der Waals surface area contributed by atoms with Crippen LogP contribution in [0, 0.1) is 5.41 Å². The van der Waals surface area contributed by atoms with Crippen LogP contribution in [0.5, 0.6) is 0 Å². The highest BCUT2D eigenvalue weighted by Crippen LogP contribution is 2.53. The summed E-state index contributed by atoms with van der Waals surface area (Å²) in [7, 11) is -1.66. The smallest absolute Gasteiger partial charge is 0.175 e. The van der Waals surface area contributed by atoms with Gasteiger partial charge in [0.25, 0.3) is 0 Å². The van der Waals surface area contributed by atoms with Gasteiger partial charge in [-0.2, -0.15) is 0 Å². The van der Waals surface area contributed by atoms with Crippen molar-refractivity contribution >= 4 is 26.7 Å². The van der Waals surface area contributed by atoms with E-state index in [4.69, 9.17) is 4.84 Å². The van der Waals surface area contributed by atoms with Gasteiger partial charge in [-0.25, -0.2) is 8.42 Å². The molecule has 2 aromatic rings. The van der Waals surface area contributed by atoms with E-state index in [0.29, 0.717) is 4.90 Å². The molecule has 25 heavy (non-hydrogen) atoms. The van der Waals surface area contributed by atoms with Crippen molar-refractivity contribution in [3.8, 4) is 0 Å². The van der Waals surface area contributed by atoms with Crippen molar-refractivity contribution in [3.05, 3.63) is 65.7 Å². The molecule has 2 aromatic carbocycles. The maximum atomic E-state index is 11.7. The lowest BCUT2D eigenvalue weighted by molar-refractivity contribution is 0.210. The monoisotopic (exact) mass is 355 g/mol. The largest absolute Gasteiger partial charge is 0.399 e. The SMILES string of the molecule is CO/N=C1/C(c2ccccc2)=C(c2ccc(S(C)(=O)=O)cc2)C1(C)C. The number of benzene rings is 2. The summed E-state index contributed by atoms with van der Waals surface area (Å²) in [5, 5.41) is 4.24. The zero-order chi connectivity index (χ0) is 18.2. The zero-order valence-electron chi connectivity index (χ0n) is 14.8. The minimum atomic E-state index is -3.21. The molecular weight excluding hydrogens is 334 g/mol. The Kier molecular flexibility index (Phi) is 4.29. The highest BCUT2D eigenvalue weighted by molar-refractivity contribution is 7.90. The molecule has 0 aromatic heterocycles. The number of rotatable bonds is 4. The van der Waals surface area contributed by atoms with Gasteiger partial charge in [0.2, 0.25) is 0 Å². The van der Waals surface area contributed by atoms with E-state index in [-0.39, 0.29) is 5.41 Å². The number of sulfone groups is 1. The van der Waals surface area contributed by atoms with Crippen LogP contribution >= 0.6 is 0 Å². The van der Waals surface area contributed by atoms with Gasteiger partial charge in [-0.05, 0) is 42.7 Å². The predicted molar refractivity (Wildman–Crippen MR) is 101 cm³/mol. The first-order chi connectivity index (χ1) is 11.8. The number of allylic oxidation sites excluding steroid dienone is 2. The molecular formula is C20H21NO3S. The Balaban J connectivity index is 2.19. The number of hydrogen-bond donors (Lipinski definition) is 0. The average Bonchev–Trinajstić information content (AvgIpc) is 2.57. The second-order valence-electron chi connectivity index (χ2n) is 6.66. The number of hydrogen-bond acceptors (Lipinski definition) is 4. The van der Waals surface area contributed by atoms with Crippen LogP contribution in [0.15, 0.2) is 64.6 Å². The lowest BCUT2D eigenvalue weighted by Gasteiger charge is -2.42. The van der Waals surface area contributed by atoms with E-state index in [1.807, 2.05) is 42.5 Å². The van der Waals surface area contributed by atoms with Crippen LogP contribution in [0.2, 0.25) is 0 Å². The van der Waals surface area contributed by atoms with E-state index in [0.717, 1.165) is 28.0 Å². The van der Waals surface area contributed by atoms with Crippen LogP contribution in [-0.2, 0) is 14.7 Å². The van der Waals surface area contributed by atoms with Crippen LogP contribution < -0.4 is 0 Å². The minimum absolute atomic E-state index is 0.284. The summed E-state index contributed by atoms with van der Waals surface area (Å²) in [5.41, 5.74) is 4.84. The van der Waals surface area contributed by atoms with Gasteiger partial charge in [0.05, 0.1) is 10.6 Å². The normalized spacial score (nSPS) is 18.2. The van der Waals surface area contributed by atoms with Crippen molar-refractivity contribution < 1.29 is 13.3 Å². The van der Waals surface area contributed by atoms with Crippen LogP contribution in [0.4, 0.5) is 0 Å². The molecule has 0 N–H and O–H groups in total. The first-order valence-electron chi connectivity index (χ1n) is 7.99. The van der Waals surface area contributed by atoms with E-state index in [9.17, 15) is 8.42 Å². The van der Waals surface area contributed by atoms with Gasteiger partial charge in [0.15, 0.2) is 9.84 Å². The van der Waals surface area contributed by atoms with E-state index >= 15 is 0 Å². The van der Waals surface area contributed by atoms with Gasteiger partial charge in [-0.15, -0.1) is 0 Å². The van der Waals surface area contributed by atoms with Crippen molar-refractivity contribution in [1.82, 2.24) is 0 Å². The van der Waals surface area contributed by atoms with Crippen LogP contribution in [0.3, 0.4) is 0 Å². The first kappa shape index (κ1) is 17.4. The molecule has 0 heterocycles. The Morgan fingerprint density at radius 2 is 1.52 bits per heavy atom. The van der Waals surface area contributed by atoms with E-state index in [1.165, 1.54) is 6.26 Å². The summed E-state index contributed by atoms with van der Waals surface area (Å²) >= 11 is 0. The molecule has 130 valence electrons. The molecule has 5 heteroatoms. The van der Waals surface area contributed by atoms with Crippen LogP contribution in [0.25, 0.3) is 11.1 Å². The van der Waals surface area contributed by atoms with Gasteiger partial charge < -0.3 is 4.84 Å². The first-order valence-corrected chi connectivity index (χ1v) is 9.88. The lowest BCUT2D eigenvalue weighted by Crippen LogP contribution is -2.38. The third kappa shape index (κ3) is 3.00. The molecule has 0 bridgehead atoms. The topological polar surface area (TPSA) is 55.7 Å². The maximum absolute atomic E-state index is 11.7. The van der Waals surface area contributed by atoms with Gasteiger partial charge in [0.1, 0.15) is 7.11 Å². The maximum Gasteiger partial charge on any atom is 0.175 e. The van der Waals surface area contributed by atoms with Crippen LogP contribution in [0.1, 0.15) is 25.0 Å². The Hall–Kier alpha value is -2.40. The third-order valence-corrected chi connectivity index (χ3v) is 5.65. The predicted octanol–water partition coefficient (Wildman–Crippen LogP) is 4.04.